The maximum atomic E-state index is 10.9. The van der Waals surface area contributed by atoms with Crippen LogP contribution in [-0.2, 0) is 25.1 Å². The molecule has 0 amide bonds. The van der Waals surface area contributed by atoms with Gasteiger partial charge < -0.3 is 13.5 Å². The lowest BCUT2D eigenvalue weighted by Crippen LogP contribution is -2.09. The number of carbonyl (C=O) groups is 1. The van der Waals surface area contributed by atoms with E-state index in [9.17, 15) is 13.6 Å². The van der Waals surface area contributed by atoms with Gasteiger partial charge in [0.1, 0.15) is 0 Å². The third kappa shape index (κ3) is 6.53. The highest BCUT2D eigenvalue weighted by Gasteiger charge is 2.03. The number of ether oxygens (including phenoxy) is 1. The fraction of sp³-hybridized carbons (Fsp3) is 0.375. The van der Waals surface area contributed by atoms with Gasteiger partial charge in [-0.3, -0.25) is 0 Å². The highest BCUT2D eigenvalue weighted by atomic mass is 32.2. The van der Waals surface area contributed by atoms with Gasteiger partial charge in [-0.2, -0.15) is 0 Å². The third-order valence-corrected chi connectivity index (χ3v) is 1.57. The molecule has 0 fully saturated rings. The number of carbonyl (C=O) groups excluding carboxylic acids is 1. The van der Waals surface area contributed by atoms with Crippen LogP contribution < -0.4 is 0 Å². The van der Waals surface area contributed by atoms with E-state index >= 15 is 0 Å². The summed E-state index contributed by atoms with van der Waals surface area (Å²) < 4.78 is 28.7. The fourth-order valence-electron chi connectivity index (χ4n) is 0.527. The molecule has 5 nitrogen and oxygen atoms in total. The van der Waals surface area contributed by atoms with Crippen LogP contribution in [0.25, 0.3) is 0 Å². The molecule has 0 radical (unpaired) electrons. The molecule has 0 N–H and O–H groups in total. The summed E-state index contributed by atoms with van der Waals surface area (Å²) in [5, 5.41) is 0. The molecule has 0 saturated carbocycles. The summed E-state index contributed by atoms with van der Waals surface area (Å²) in [4.78, 5) is 10.9. The van der Waals surface area contributed by atoms with Crippen LogP contribution in [0.2, 0.25) is 0 Å². The zero-order chi connectivity index (χ0) is 11.0. The molecule has 0 aromatic rings. The molecule has 0 aliphatic rings. The van der Waals surface area contributed by atoms with E-state index < -0.39 is 17.3 Å². The number of esters is 1. The lowest BCUT2D eigenvalue weighted by molar-refractivity contribution is -0.138. The molecule has 0 aliphatic heterocycles. The van der Waals surface area contributed by atoms with Crippen LogP contribution in [0, 0.1) is 0 Å². The Morgan fingerprint density at radius 2 is 2.14 bits per heavy atom. The zero-order valence-electron chi connectivity index (χ0n) is 7.56. The van der Waals surface area contributed by atoms with E-state index in [4.69, 9.17) is 0 Å². The number of hydrogen-bond acceptors (Lipinski definition) is 5. The Morgan fingerprint density at radius 1 is 1.50 bits per heavy atom. The normalized spacial score (nSPS) is 11.8. The predicted octanol–water partition coefficient (Wildman–Crippen LogP) is 0.473. The van der Waals surface area contributed by atoms with Gasteiger partial charge in [0, 0.05) is 6.42 Å². The lowest BCUT2D eigenvalue weighted by atomic mass is 10.3. The van der Waals surface area contributed by atoms with Crippen LogP contribution in [0.5, 0.6) is 0 Å². The number of hydrogen-bond donors (Lipinski definition) is 0. The van der Waals surface area contributed by atoms with Crippen LogP contribution in [0.3, 0.4) is 0 Å². The van der Waals surface area contributed by atoms with E-state index in [0.717, 1.165) is 0 Å². The first-order valence-corrected chi connectivity index (χ1v) is 4.79. The molecular formula is C8H11O5S-. The van der Waals surface area contributed by atoms with Crippen LogP contribution in [-0.4, -0.2) is 27.9 Å². The minimum Gasteiger partial charge on any atom is -0.750 e. The second-order valence-electron chi connectivity index (χ2n) is 2.24. The summed E-state index contributed by atoms with van der Waals surface area (Å²) in [7, 11) is 0. The van der Waals surface area contributed by atoms with Gasteiger partial charge in [-0.15, -0.1) is 0 Å². The third-order valence-electron chi connectivity index (χ3n) is 1.21. The molecule has 80 valence electrons. The second-order valence-corrected chi connectivity index (χ2v) is 2.89. The molecule has 0 saturated heterocycles. The first-order valence-electron chi connectivity index (χ1n) is 3.79. The minimum absolute atomic E-state index is 0.00996. The standard InChI is InChI=1S/C8H12O5S/c1-3-7(2)8(9)12-5-4-6-13-14(10)11/h3H,1-2,4-6H2,(H,10,11)/p-1. The predicted molar refractivity (Wildman–Crippen MR) is 49.8 cm³/mol. The van der Waals surface area contributed by atoms with E-state index in [-0.39, 0.29) is 18.8 Å². The van der Waals surface area contributed by atoms with Gasteiger partial charge in [-0.1, -0.05) is 19.2 Å². The van der Waals surface area contributed by atoms with Crippen molar-refractivity contribution in [3.05, 3.63) is 24.8 Å². The topological polar surface area (TPSA) is 75.7 Å². The van der Waals surface area contributed by atoms with Crippen molar-refractivity contribution < 1.29 is 22.5 Å². The average Bonchev–Trinajstić information content (AvgIpc) is 2.15. The smallest absolute Gasteiger partial charge is 0.337 e. The highest BCUT2D eigenvalue weighted by Crippen LogP contribution is 1.96. The van der Waals surface area contributed by atoms with Gasteiger partial charge in [-0.25, -0.2) is 9.00 Å². The van der Waals surface area contributed by atoms with Gasteiger partial charge in [0.2, 0.25) is 0 Å². The molecule has 0 bridgehead atoms. The second kappa shape index (κ2) is 7.43. The van der Waals surface area contributed by atoms with Crippen molar-refractivity contribution in [1.82, 2.24) is 0 Å². The molecule has 1 atom stereocenters. The first kappa shape index (κ1) is 13.0. The summed E-state index contributed by atoms with van der Waals surface area (Å²) >= 11 is -2.51. The van der Waals surface area contributed by atoms with Crippen molar-refractivity contribution in [1.29, 1.82) is 0 Å². The van der Waals surface area contributed by atoms with Crippen LogP contribution in [0.15, 0.2) is 24.8 Å². The largest absolute Gasteiger partial charge is 0.750 e. The summed E-state index contributed by atoms with van der Waals surface area (Å²) in [6.07, 6.45) is 1.59. The monoisotopic (exact) mass is 219 g/mol. The van der Waals surface area contributed by atoms with Gasteiger partial charge in [0.25, 0.3) is 0 Å². The maximum absolute atomic E-state index is 10.9. The van der Waals surface area contributed by atoms with Crippen molar-refractivity contribution >= 4 is 17.3 Å². The zero-order valence-corrected chi connectivity index (χ0v) is 8.38. The van der Waals surface area contributed by atoms with Gasteiger partial charge in [0.05, 0.1) is 30.1 Å². The van der Waals surface area contributed by atoms with E-state index in [0.29, 0.717) is 6.42 Å². The van der Waals surface area contributed by atoms with Crippen LogP contribution >= 0.6 is 0 Å². The molecule has 14 heavy (non-hydrogen) atoms. The first-order chi connectivity index (χ1) is 6.57. The Bertz CT molecular complexity index is 248. The lowest BCUT2D eigenvalue weighted by Gasteiger charge is -2.06. The molecule has 1 unspecified atom stereocenters. The summed E-state index contributed by atoms with van der Waals surface area (Å²) in [6.45, 7) is 6.80. The van der Waals surface area contributed by atoms with E-state index in [2.05, 4.69) is 22.1 Å². The molecule has 0 spiro atoms. The van der Waals surface area contributed by atoms with Crippen molar-refractivity contribution in [3.63, 3.8) is 0 Å². The quantitative estimate of drug-likeness (QED) is 0.204. The van der Waals surface area contributed by atoms with Crippen LogP contribution in [0.4, 0.5) is 0 Å². The van der Waals surface area contributed by atoms with Crippen LogP contribution in [0.1, 0.15) is 6.42 Å². The Kier molecular flexibility index (Phi) is 6.91. The molecule has 6 heteroatoms. The van der Waals surface area contributed by atoms with E-state index in [1.165, 1.54) is 6.08 Å². The number of rotatable bonds is 7. The Hall–Kier alpha value is -0.980. The van der Waals surface area contributed by atoms with E-state index in [1.807, 2.05) is 0 Å². The summed E-state index contributed by atoms with van der Waals surface area (Å²) in [5.74, 6) is -0.566. The van der Waals surface area contributed by atoms with Crippen molar-refractivity contribution in [2.45, 2.75) is 6.42 Å². The fourth-order valence-corrected chi connectivity index (χ4v) is 0.781. The maximum Gasteiger partial charge on any atom is 0.337 e. The van der Waals surface area contributed by atoms with Gasteiger partial charge >= 0.3 is 5.97 Å². The molecule has 0 heterocycles. The minimum atomic E-state index is -2.51. The Labute approximate surface area is 84.9 Å². The highest BCUT2D eigenvalue weighted by molar-refractivity contribution is 7.74. The Balaban J connectivity index is 3.45. The molecule has 0 aromatic heterocycles. The van der Waals surface area contributed by atoms with Crippen molar-refractivity contribution in [2.75, 3.05) is 13.2 Å². The summed E-state index contributed by atoms with van der Waals surface area (Å²) in [5.41, 5.74) is 0.165. The Morgan fingerprint density at radius 3 is 2.64 bits per heavy atom. The van der Waals surface area contributed by atoms with Gasteiger partial charge in [-0.05, 0) is 0 Å². The molecule has 0 aromatic carbocycles. The summed E-state index contributed by atoms with van der Waals surface area (Å²) in [6, 6.07) is 0. The van der Waals surface area contributed by atoms with Gasteiger partial charge in [0.15, 0.2) is 0 Å². The van der Waals surface area contributed by atoms with E-state index in [1.54, 1.807) is 0 Å². The molecule has 0 rings (SSSR count). The van der Waals surface area contributed by atoms with Crippen molar-refractivity contribution in [2.24, 2.45) is 0 Å². The molecular weight excluding hydrogens is 208 g/mol. The van der Waals surface area contributed by atoms with Crippen molar-refractivity contribution in [3.8, 4) is 0 Å². The average molecular weight is 219 g/mol. The molecule has 0 aliphatic carbocycles. The SMILES string of the molecule is C=CC(=C)C(=O)OCCCOS(=O)[O-].